The Balaban J connectivity index is 2.65. The summed E-state index contributed by atoms with van der Waals surface area (Å²) >= 11 is 1.34. The number of rotatable bonds is 1. The fourth-order valence-electron chi connectivity index (χ4n) is 1.23. The Hall–Kier alpha value is -2.17. The van der Waals surface area contributed by atoms with Gasteiger partial charge in [0, 0.05) is 10.9 Å². The summed E-state index contributed by atoms with van der Waals surface area (Å²) in [5.41, 5.74) is 5.14. The van der Waals surface area contributed by atoms with E-state index >= 15 is 0 Å². The zero-order valence-electron chi connectivity index (χ0n) is 7.56. The first kappa shape index (κ1) is 9.39. The molecule has 2 aromatic rings. The SMILES string of the molecule is N#Cc1ccc(C#N)c(-c2cs[c]n2)c1. The van der Waals surface area contributed by atoms with E-state index in [0.717, 1.165) is 0 Å². The van der Waals surface area contributed by atoms with Gasteiger partial charge in [-0.25, -0.2) is 4.98 Å². The standard InChI is InChI=1S/C11H4N3S/c12-4-8-1-2-9(5-13)10(3-8)11-6-15-7-14-11/h1-3,6H. The van der Waals surface area contributed by atoms with Crippen LogP contribution in [0.1, 0.15) is 11.1 Å². The maximum Gasteiger partial charge on any atom is 0.152 e. The molecule has 4 heteroatoms. The molecule has 0 N–H and O–H groups in total. The van der Waals surface area contributed by atoms with Crippen molar-refractivity contribution in [3.63, 3.8) is 0 Å². The molecule has 0 aliphatic heterocycles. The van der Waals surface area contributed by atoms with E-state index in [9.17, 15) is 0 Å². The minimum absolute atomic E-state index is 0.522. The van der Waals surface area contributed by atoms with Crippen LogP contribution in [0.3, 0.4) is 0 Å². The second-order valence-corrected chi connectivity index (χ2v) is 3.46. The molecular weight excluding hydrogens is 206 g/mol. The molecular formula is C11H4N3S. The van der Waals surface area contributed by atoms with Gasteiger partial charge in [-0.05, 0) is 18.2 Å². The fraction of sp³-hybridized carbons (Fsp3) is 0. The first-order valence-corrected chi connectivity index (χ1v) is 4.99. The largest absolute Gasteiger partial charge is 0.233 e. The first-order chi connectivity index (χ1) is 7.35. The zero-order valence-corrected chi connectivity index (χ0v) is 8.38. The molecule has 1 radical (unpaired) electrons. The lowest BCUT2D eigenvalue weighted by molar-refractivity contribution is 1.37. The Morgan fingerprint density at radius 1 is 1.27 bits per heavy atom. The van der Waals surface area contributed by atoms with Crippen molar-refractivity contribution in [3.05, 3.63) is 40.2 Å². The van der Waals surface area contributed by atoms with E-state index in [1.165, 1.54) is 11.3 Å². The smallest absolute Gasteiger partial charge is 0.152 e. The van der Waals surface area contributed by atoms with Gasteiger partial charge in [-0.3, -0.25) is 0 Å². The topological polar surface area (TPSA) is 60.5 Å². The number of nitrogens with zero attached hydrogens (tertiary/aromatic N) is 3. The minimum atomic E-state index is 0.522. The molecule has 2 rings (SSSR count). The van der Waals surface area contributed by atoms with Crippen LogP contribution in [0.4, 0.5) is 0 Å². The number of thiazole rings is 1. The van der Waals surface area contributed by atoms with Gasteiger partial charge in [0.15, 0.2) is 5.51 Å². The lowest BCUT2D eigenvalue weighted by atomic mass is 10.0. The van der Waals surface area contributed by atoms with Gasteiger partial charge in [-0.1, -0.05) is 0 Å². The van der Waals surface area contributed by atoms with Crippen molar-refractivity contribution in [2.24, 2.45) is 0 Å². The zero-order chi connectivity index (χ0) is 10.7. The summed E-state index contributed by atoms with van der Waals surface area (Å²) in [5, 5.41) is 19.5. The molecule has 0 fully saturated rings. The Labute approximate surface area is 90.9 Å². The Bertz CT molecular complexity index is 559. The highest BCUT2D eigenvalue weighted by atomic mass is 32.1. The average molecular weight is 210 g/mol. The second kappa shape index (κ2) is 3.91. The number of aromatic nitrogens is 1. The lowest BCUT2D eigenvalue weighted by Gasteiger charge is -1.99. The van der Waals surface area contributed by atoms with E-state index < -0.39 is 0 Å². The predicted molar refractivity (Wildman–Crippen MR) is 55.8 cm³/mol. The maximum absolute atomic E-state index is 8.91. The van der Waals surface area contributed by atoms with Crippen LogP contribution in [0.2, 0.25) is 0 Å². The van der Waals surface area contributed by atoms with Gasteiger partial charge in [0.2, 0.25) is 0 Å². The number of hydrogen-bond acceptors (Lipinski definition) is 4. The molecule has 0 aliphatic rings. The van der Waals surface area contributed by atoms with Crippen LogP contribution >= 0.6 is 11.3 Å². The highest BCUT2D eigenvalue weighted by molar-refractivity contribution is 7.07. The Morgan fingerprint density at radius 3 is 2.73 bits per heavy atom. The van der Waals surface area contributed by atoms with Gasteiger partial charge in [-0.2, -0.15) is 10.5 Å². The van der Waals surface area contributed by atoms with E-state index in [4.69, 9.17) is 10.5 Å². The van der Waals surface area contributed by atoms with Gasteiger partial charge in [0.05, 0.1) is 29.0 Å². The molecule has 3 nitrogen and oxygen atoms in total. The lowest BCUT2D eigenvalue weighted by Crippen LogP contribution is -1.86. The molecule has 69 valence electrons. The second-order valence-electron chi connectivity index (χ2n) is 2.81. The number of benzene rings is 1. The quantitative estimate of drug-likeness (QED) is 0.725. The third-order valence-electron chi connectivity index (χ3n) is 1.93. The summed E-state index contributed by atoms with van der Waals surface area (Å²) in [6.07, 6.45) is 0. The van der Waals surface area contributed by atoms with Gasteiger partial charge in [-0.15, -0.1) is 11.3 Å². The van der Waals surface area contributed by atoms with Crippen molar-refractivity contribution in [2.75, 3.05) is 0 Å². The van der Waals surface area contributed by atoms with E-state index in [2.05, 4.69) is 16.6 Å². The summed E-state index contributed by atoms with van der Waals surface area (Å²) in [5.74, 6) is 0. The van der Waals surface area contributed by atoms with Crippen molar-refractivity contribution in [1.29, 1.82) is 10.5 Å². The van der Waals surface area contributed by atoms with Crippen LogP contribution in [0.25, 0.3) is 11.3 Å². The molecule has 1 aromatic heterocycles. The van der Waals surface area contributed by atoms with E-state index in [1.54, 1.807) is 23.6 Å². The Kier molecular flexibility index (Phi) is 2.45. The summed E-state index contributed by atoms with van der Waals surface area (Å²) in [4.78, 5) is 4.00. The molecule has 0 bridgehead atoms. The summed E-state index contributed by atoms with van der Waals surface area (Å²) in [7, 11) is 0. The summed E-state index contributed by atoms with van der Waals surface area (Å²) in [6.45, 7) is 0. The molecule has 15 heavy (non-hydrogen) atoms. The first-order valence-electron chi connectivity index (χ1n) is 4.11. The van der Waals surface area contributed by atoms with E-state index in [-0.39, 0.29) is 0 Å². The van der Waals surface area contributed by atoms with Crippen molar-refractivity contribution in [2.45, 2.75) is 0 Å². The van der Waals surface area contributed by atoms with E-state index in [0.29, 0.717) is 22.4 Å². The minimum Gasteiger partial charge on any atom is -0.233 e. The van der Waals surface area contributed by atoms with Crippen LogP contribution < -0.4 is 0 Å². The summed E-state index contributed by atoms with van der Waals surface area (Å²) < 4.78 is 0. The molecule has 0 aliphatic carbocycles. The van der Waals surface area contributed by atoms with Gasteiger partial charge >= 0.3 is 0 Å². The van der Waals surface area contributed by atoms with Gasteiger partial charge in [0.1, 0.15) is 0 Å². The van der Waals surface area contributed by atoms with Crippen LogP contribution in [0.15, 0.2) is 23.6 Å². The molecule has 0 spiro atoms. The van der Waals surface area contributed by atoms with Crippen molar-refractivity contribution in [3.8, 4) is 23.4 Å². The predicted octanol–water partition coefficient (Wildman–Crippen LogP) is 2.35. The number of hydrogen-bond donors (Lipinski definition) is 0. The van der Waals surface area contributed by atoms with Crippen LogP contribution in [-0.2, 0) is 0 Å². The Morgan fingerprint density at radius 2 is 2.13 bits per heavy atom. The van der Waals surface area contributed by atoms with E-state index in [1.807, 2.05) is 6.07 Å². The highest BCUT2D eigenvalue weighted by Crippen LogP contribution is 2.23. The van der Waals surface area contributed by atoms with Gasteiger partial charge in [0.25, 0.3) is 0 Å². The number of nitriles is 2. The molecule has 1 heterocycles. The summed E-state index contributed by atoms with van der Waals surface area (Å²) in [6, 6.07) is 9.04. The molecule has 0 unspecified atom stereocenters. The van der Waals surface area contributed by atoms with Crippen LogP contribution in [0.5, 0.6) is 0 Å². The molecule has 1 aromatic carbocycles. The van der Waals surface area contributed by atoms with Crippen molar-refractivity contribution >= 4 is 11.3 Å². The fourth-order valence-corrected chi connectivity index (χ4v) is 1.73. The highest BCUT2D eigenvalue weighted by Gasteiger charge is 2.07. The van der Waals surface area contributed by atoms with Crippen molar-refractivity contribution < 1.29 is 0 Å². The molecule has 0 saturated carbocycles. The normalized spacial score (nSPS) is 9.20. The monoisotopic (exact) mass is 210 g/mol. The van der Waals surface area contributed by atoms with Crippen LogP contribution in [0, 0.1) is 28.2 Å². The maximum atomic E-state index is 8.91. The molecule has 0 atom stereocenters. The molecule has 0 amide bonds. The van der Waals surface area contributed by atoms with Crippen molar-refractivity contribution in [1.82, 2.24) is 4.98 Å². The third kappa shape index (κ3) is 1.71. The molecule has 0 saturated heterocycles. The van der Waals surface area contributed by atoms with Crippen LogP contribution in [-0.4, -0.2) is 4.98 Å². The third-order valence-corrected chi connectivity index (χ3v) is 2.47. The van der Waals surface area contributed by atoms with Gasteiger partial charge < -0.3 is 0 Å². The average Bonchev–Trinajstić information content (AvgIpc) is 2.81.